The molecule has 1 heterocycles. The van der Waals surface area contributed by atoms with E-state index >= 15 is 0 Å². The van der Waals surface area contributed by atoms with Crippen LogP contribution in [0.15, 0.2) is 53.6 Å². The molecule has 29 heavy (non-hydrogen) atoms. The number of amidine groups is 1. The maximum absolute atomic E-state index is 12.7. The molecule has 0 radical (unpaired) electrons. The number of nitrogens with two attached hydrogens (primary N) is 2. The fraction of sp³-hybridized carbons (Fsp3) is 0.350. The minimum atomic E-state index is -4.37. The molecule has 6 nitrogen and oxygen atoms in total. The first-order chi connectivity index (χ1) is 13.8. The highest BCUT2D eigenvalue weighted by Gasteiger charge is 2.30. The predicted octanol–water partition coefficient (Wildman–Crippen LogP) is 3.92. The highest BCUT2D eigenvalue weighted by Crippen LogP contribution is 2.30. The SMILES string of the molecule is CC.N/C(=N\N(N)CC1COC1)c1ccccc1Nc1ccc(C(F)(F)F)cc1. The van der Waals surface area contributed by atoms with E-state index in [2.05, 4.69) is 10.4 Å². The van der Waals surface area contributed by atoms with Crippen molar-refractivity contribution < 1.29 is 17.9 Å². The third kappa shape index (κ3) is 6.37. The first-order valence-electron chi connectivity index (χ1n) is 9.30. The zero-order chi connectivity index (χ0) is 21.4. The number of nitrogens with zero attached hydrogens (tertiary/aromatic N) is 2. The molecule has 0 bridgehead atoms. The molecule has 2 aromatic carbocycles. The summed E-state index contributed by atoms with van der Waals surface area (Å²) in [4.78, 5) is 0. The van der Waals surface area contributed by atoms with Gasteiger partial charge in [-0.05, 0) is 36.4 Å². The Morgan fingerprint density at radius 3 is 2.31 bits per heavy atom. The lowest BCUT2D eigenvalue weighted by Crippen LogP contribution is -2.41. The molecular formula is C20H26F3N5O. The van der Waals surface area contributed by atoms with Gasteiger partial charge in [-0.15, -0.1) is 5.10 Å². The minimum Gasteiger partial charge on any atom is -0.382 e. The Labute approximate surface area is 168 Å². The second-order valence-corrected chi connectivity index (χ2v) is 6.26. The summed E-state index contributed by atoms with van der Waals surface area (Å²) in [6.07, 6.45) is -4.37. The fourth-order valence-corrected chi connectivity index (χ4v) is 2.60. The van der Waals surface area contributed by atoms with Crippen molar-refractivity contribution in [1.29, 1.82) is 0 Å². The number of hydrogen-bond donors (Lipinski definition) is 3. The molecule has 0 saturated carbocycles. The molecule has 2 aromatic rings. The summed E-state index contributed by atoms with van der Waals surface area (Å²) in [5, 5.41) is 8.52. The van der Waals surface area contributed by atoms with Crippen LogP contribution in [0.1, 0.15) is 25.0 Å². The molecule has 1 aliphatic heterocycles. The summed E-state index contributed by atoms with van der Waals surface area (Å²) >= 11 is 0. The Kier molecular flexibility index (Phi) is 7.86. The van der Waals surface area contributed by atoms with Crippen molar-refractivity contribution in [2.45, 2.75) is 20.0 Å². The maximum atomic E-state index is 12.7. The van der Waals surface area contributed by atoms with Gasteiger partial charge in [0.2, 0.25) is 0 Å². The van der Waals surface area contributed by atoms with E-state index in [0.717, 1.165) is 12.1 Å². The lowest BCUT2D eigenvalue weighted by Gasteiger charge is -2.28. The van der Waals surface area contributed by atoms with E-state index in [4.69, 9.17) is 16.3 Å². The second-order valence-electron chi connectivity index (χ2n) is 6.26. The number of hydrazine groups is 1. The molecule has 0 amide bonds. The fourth-order valence-electron chi connectivity index (χ4n) is 2.60. The first kappa shape index (κ1) is 22.5. The molecular weight excluding hydrogens is 383 g/mol. The van der Waals surface area contributed by atoms with E-state index < -0.39 is 11.7 Å². The van der Waals surface area contributed by atoms with Crippen molar-refractivity contribution in [2.75, 3.05) is 25.1 Å². The number of alkyl halides is 3. The number of benzene rings is 2. The zero-order valence-electron chi connectivity index (χ0n) is 16.4. The quantitative estimate of drug-likeness (QED) is 0.291. The molecule has 3 rings (SSSR count). The molecule has 158 valence electrons. The van der Waals surface area contributed by atoms with E-state index in [-0.39, 0.29) is 5.84 Å². The highest BCUT2D eigenvalue weighted by atomic mass is 19.4. The monoisotopic (exact) mass is 409 g/mol. The van der Waals surface area contributed by atoms with Gasteiger partial charge in [0.15, 0.2) is 5.84 Å². The van der Waals surface area contributed by atoms with Gasteiger partial charge < -0.3 is 15.8 Å². The van der Waals surface area contributed by atoms with Crippen molar-refractivity contribution in [3.63, 3.8) is 0 Å². The van der Waals surface area contributed by atoms with Gasteiger partial charge in [-0.3, -0.25) is 0 Å². The topological polar surface area (TPSA) is 88.9 Å². The Morgan fingerprint density at radius 1 is 1.14 bits per heavy atom. The summed E-state index contributed by atoms with van der Waals surface area (Å²) < 4.78 is 43.1. The van der Waals surface area contributed by atoms with E-state index in [1.54, 1.807) is 24.3 Å². The smallest absolute Gasteiger partial charge is 0.382 e. The number of nitrogens with one attached hydrogen (secondary N) is 1. The Balaban J connectivity index is 0.00000145. The van der Waals surface area contributed by atoms with Gasteiger partial charge in [0, 0.05) is 22.9 Å². The molecule has 0 atom stereocenters. The second kappa shape index (κ2) is 10.1. The molecule has 0 unspecified atom stereocenters. The highest BCUT2D eigenvalue weighted by molar-refractivity contribution is 6.02. The van der Waals surface area contributed by atoms with Crippen LogP contribution in [-0.4, -0.2) is 30.7 Å². The normalized spacial score (nSPS) is 14.5. The summed E-state index contributed by atoms with van der Waals surface area (Å²) in [7, 11) is 0. The molecule has 0 spiro atoms. The van der Waals surface area contributed by atoms with Crippen molar-refractivity contribution in [2.24, 2.45) is 22.6 Å². The minimum absolute atomic E-state index is 0.202. The van der Waals surface area contributed by atoms with Crippen LogP contribution in [-0.2, 0) is 10.9 Å². The van der Waals surface area contributed by atoms with Crippen LogP contribution < -0.4 is 16.9 Å². The lowest BCUT2D eigenvalue weighted by molar-refractivity contribution is -0.137. The van der Waals surface area contributed by atoms with Crippen LogP contribution in [0.25, 0.3) is 0 Å². The molecule has 1 saturated heterocycles. The molecule has 1 aliphatic rings. The summed E-state index contributed by atoms with van der Waals surface area (Å²) in [5.74, 6) is 6.39. The van der Waals surface area contributed by atoms with E-state index in [1.165, 1.54) is 17.3 Å². The van der Waals surface area contributed by atoms with Gasteiger partial charge in [-0.25, -0.2) is 11.0 Å². The Morgan fingerprint density at radius 2 is 1.76 bits per heavy atom. The molecule has 0 aromatic heterocycles. The summed E-state index contributed by atoms with van der Waals surface area (Å²) in [5.41, 5.74) is 7.07. The number of para-hydroxylation sites is 1. The average Bonchev–Trinajstić information content (AvgIpc) is 2.66. The Bertz CT molecular complexity index is 805. The number of hydrogen-bond acceptors (Lipinski definition) is 5. The molecule has 9 heteroatoms. The first-order valence-corrected chi connectivity index (χ1v) is 9.30. The number of rotatable bonds is 6. The number of anilines is 2. The van der Waals surface area contributed by atoms with Gasteiger partial charge >= 0.3 is 6.18 Å². The van der Waals surface area contributed by atoms with Gasteiger partial charge in [-0.2, -0.15) is 13.2 Å². The third-order valence-corrected chi connectivity index (χ3v) is 4.08. The zero-order valence-corrected chi connectivity index (χ0v) is 16.4. The maximum Gasteiger partial charge on any atom is 0.416 e. The van der Waals surface area contributed by atoms with Gasteiger partial charge in [-0.1, -0.05) is 26.0 Å². The van der Waals surface area contributed by atoms with E-state index in [1.807, 2.05) is 13.8 Å². The standard InChI is InChI=1S/C18H20F3N5O.C2H6/c19-18(20,21)13-5-7-14(8-6-13)24-16-4-2-1-3-15(16)17(22)25-26(23)9-12-10-27-11-12;1-2/h1-8,12,24H,9-11,23H2,(H2,22,25);1-2H3. The number of halogens is 3. The van der Waals surface area contributed by atoms with E-state index in [0.29, 0.717) is 42.6 Å². The van der Waals surface area contributed by atoms with Gasteiger partial charge in [0.1, 0.15) is 0 Å². The van der Waals surface area contributed by atoms with E-state index in [9.17, 15) is 13.2 Å². The van der Waals surface area contributed by atoms with Crippen LogP contribution >= 0.6 is 0 Å². The predicted molar refractivity (Wildman–Crippen MR) is 108 cm³/mol. The summed E-state index contributed by atoms with van der Waals surface area (Å²) in [6, 6.07) is 11.8. The van der Waals surface area contributed by atoms with Crippen molar-refractivity contribution >= 4 is 17.2 Å². The van der Waals surface area contributed by atoms with Crippen molar-refractivity contribution in [3.8, 4) is 0 Å². The van der Waals surface area contributed by atoms with Crippen LogP contribution in [0.3, 0.4) is 0 Å². The summed E-state index contributed by atoms with van der Waals surface area (Å²) in [6.45, 7) is 5.82. The van der Waals surface area contributed by atoms with Crippen molar-refractivity contribution in [3.05, 3.63) is 59.7 Å². The Hall–Kier alpha value is -2.78. The lowest BCUT2D eigenvalue weighted by atomic mass is 10.1. The van der Waals surface area contributed by atoms with Crippen LogP contribution in [0.2, 0.25) is 0 Å². The van der Waals surface area contributed by atoms with Gasteiger partial charge in [0.25, 0.3) is 0 Å². The van der Waals surface area contributed by atoms with Crippen LogP contribution in [0.5, 0.6) is 0 Å². The third-order valence-electron chi connectivity index (χ3n) is 4.08. The molecule has 1 fully saturated rings. The number of hydrazone groups is 1. The van der Waals surface area contributed by atoms with Crippen LogP contribution in [0.4, 0.5) is 24.5 Å². The van der Waals surface area contributed by atoms with Gasteiger partial charge in [0.05, 0.1) is 25.3 Å². The largest absolute Gasteiger partial charge is 0.416 e. The number of ether oxygens (including phenoxy) is 1. The molecule has 0 aliphatic carbocycles. The average molecular weight is 409 g/mol. The van der Waals surface area contributed by atoms with Crippen molar-refractivity contribution in [1.82, 2.24) is 5.12 Å². The van der Waals surface area contributed by atoms with Crippen LogP contribution in [0, 0.1) is 5.92 Å². The molecule has 5 N–H and O–H groups in total.